The molecule has 0 bridgehead atoms. The Balaban J connectivity index is 1.87. The number of ketones is 1. The lowest BCUT2D eigenvalue weighted by atomic mass is 9.91. The molecule has 0 fully saturated rings. The average Bonchev–Trinajstić information content (AvgIpc) is 2.94. The van der Waals surface area contributed by atoms with Gasteiger partial charge in [0.25, 0.3) is 0 Å². The number of rotatable bonds is 4. The molecule has 0 saturated heterocycles. The molecule has 0 atom stereocenters. The monoisotopic (exact) mass is 350 g/mol. The highest BCUT2D eigenvalue weighted by Crippen LogP contribution is 2.23. The van der Waals surface area contributed by atoms with Crippen molar-refractivity contribution in [1.29, 1.82) is 0 Å². The van der Waals surface area contributed by atoms with E-state index in [1.165, 1.54) is 0 Å². The van der Waals surface area contributed by atoms with Gasteiger partial charge in [0.15, 0.2) is 12.4 Å². The predicted octanol–water partition coefficient (Wildman–Crippen LogP) is 4.11. The van der Waals surface area contributed by atoms with Crippen molar-refractivity contribution in [2.45, 2.75) is 27.7 Å². The number of esters is 1. The lowest BCUT2D eigenvalue weighted by Crippen LogP contribution is -2.26. The second-order valence-corrected chi connectivity index (χ2v) is 7.28. The highest BCUT2D eigenvalue weighted by Gasteiger charge is 2.23. The summed E-state index contributed by atoms with van der Waals surface area (Å²) in [6.07, 6.45) is 0. The number of carbonyl (C=O) groups is 2. The lowest BCUT2D eigenvalue weighted by molar-refractivity contribution is -0.129. The third kappa shape index (κ3) is 3.52. The van der Waals surface area contributed by atoms with Gasteiger partial charge in [0.05, 0.1) is 16.6 Å². The molecule has 5 nitrogen and oxygen atoms in total. The topological polar surface area (TPSA) is 61.2 Å². The Bertz CT molecular complexity index is 966. The first kappa shape index (κ1) is 17.9. The van der Waals surface area contributed by atoms with Gasteiger partial charge in [-0.25, -0.2) is 9.78 Å². The number of para-hydroxylation sites is 1. The quantitative estimate of drug-likeness (QED) is 0.665. The minimum Gasteiger partial charge on any atom is -0.454 e. The van der Waals surface area contributed by atoms with E-state index in [4.69, 9.17) is 4.74 Å². The van der Waals surface area contributed by atoms with Crippen LogP contribution in [0.2, 0.25) is 0 Å². The third-order valence-electron chi connectivity index (χ3n) is 4.24. The Morgan fingerprint density at radius 1 is 1.08 bits per heavy atom. The van der Waals surface area contributed by atoms with E-state index < -0.39 is 11.4 Å². The third-order valence-corrected chi connectivity index (χ3v) is 4.24. The molecule has 1 aromatic heterocycles. The van der Waals surface area contributed by atoms with Crippen molar-refractivity contribution >= 4 is 22.8 Å². The zero-order chi connectivity index (χ0) is 18.9. The van der Waals surface area contributed by atoms with Gasteiger partial charge in [-0.2, -0.15) is 0 Å². The van der Waals surface area contributed by atoms with Gasteiger partial charge in [-0.3, -0.25) is 9.36 Å². The number of Topliss-reactive ketones (excluding diaryl/α,β-unsaturated/α-hetero) is 1. The van der Waals surface area contributed by atoms with Crippen LogP contribution < -0.4 is 0 Å². The molecule has 0 amide bonds. The van der Waals surface area contributed by atoms with Crippen LogP contribution >= 0.6 is 0 Å². The number of hydrogen-bond acceptors (Lipinski definition) is 4. The summed E-state index contributed by atoms with van der Waals surface area (Å²) in [6, 6.07) is 15.2. The van der Waals surface area contributed by atoms with Crippen LogP contribution in [0.3, 0.4) is 0 Å². The molecule has 5 heteroatoms. The van der Waals surface area contributed by atoms with E-state index in [0.29, 0.717) is 11.1 Å². The minimum absolute atomic E-state index is 0.115. The Hall–Kier alpha value is -2.95. The van der Waals surface area contributed by atoms with Crippen LogP contribution in [0.5, 0.6) is 0 Å². The van der Waals surface area contributed by atoms with Crippen LogP contribution in [0, 0.1) is 12.3 Å². The number of benzene rings is 2. The first-order valence-electron chi connectivity index (χ1n) is 8.52. The van der Waals surface area contributed by atoms with E-state index in [1.807, 2.05) is 47.9 Å². The summed E-state index contributed by atoms with van der Waals surface area (Å²) in [5.41, 5.74) is 2.49. The number of carbonyl (C=O) groups excluding carboxylic acids is 2. The maximum Gasteiger partial charge on any atom is 0.338 e. The van der Waals surface area contributed by atoms with E-state index >= 15 is 0 Å². The van der Waals surface area contributed by atoms with Gasteiger partial charge >= 0.3 is 5.97 Å². The summed E-state index contributed by atoms with van der Waals surface area (Å²) in [7, 11) is 0. The first-order chi connectivity index (χ1) is 12.3. The Morgan fingerprint density at radius 2 is 1.77 bits per heavy atom. The minimum atomic E-state index is -0.532. The SMILES string of the molecule is Cc1nc2cc(C(=O)OCC(=O)C(C)(C)C)ccc2n1-c1ccccc1. The number of nitrogens with zero attached hydrogens (tertiary/aromatic N) is 2. The van der Waals surface area contributed by atoms with Crippen molar-refractivity contribution in [2.75, 3.05) is 6.61 Å². The van der Waals surface area contributed by atoms with Gasteiger partial charge in [0.2, 0.25) is 0 Å². The summed E-state index contributed by atoms with van der Waals surface area (Å²) in [4.78, 5) is 28.8. The number of fused-ring (bicyclic) bond motifs is 1. The van der Waals surface area contributed by atoms with Crippen LogP contribution in [0.1, 0.15) is 37.0 Å². The number of imidazole rings is 1. The molecule has 26 heavy (non-hydrogen) atoms. The van der Waals surface area contributed by atoms with Crippen molar-refractivity contribution in [3.05, 3.63) is 59.9 Å². The standard InChI is InChI=1S/C21H22N2O3/c1-14-22-17-12-15(20(25)26-13-19(24)21(2,3)4)10-11-18(17)23(14)16-8-6-5-7-9-16/h5-12H,13H2,1-4H3. The smallest absolute Gasteiger partial charge is 0.338 e. The van der Waals surface area contributed by atoms with Gasteiger partial charge < -0.3 is 4.74 Å². The second-order valence-electron chi connectivity index (χ2n) is 7.28. The Kier molecular flexibility index (Phi) is 4.64. The van der Waals surface area contributed by atoms with Crippen LogP contribution in [0.4, 0.5) is 0 Å². The molecule has 2 aromatic carbocycles. The molecule has 0 aliphatic rings. The molecule has 134 valence electrons. The maximum atomic E-state index is 12.3. The normalized spacial score (nSPS) is 11.5. The second kappa shape index (κ2) is 6.75. The number of aromatic nitrogens is 2. The zero-order valence-corrected chi connectivity index (χ0v) is 15.4. The van der Waals surface area contributed by atoms with E-state index in [2.05, 4.69) is 4.98 Å². The molecule has 1 heterocycles. The molecule has 0 unspecified atom stereocenters. The highest BCUT2D eigenvalue weighted by molar-refractivity contribution is 5.96. The Labute approximate surface area is 152 Å². The Morgan fingerprint density at radius 3 is 2.42 bits per heavy atom. The van der Waals surface area contributed by atoms with Crippen LogP contribution in [-0.4, -0.2) is 27.9 Å². The van der Waals surface area contributed by atoms with Gasteiger partial charge in [-0.05, 0) is 37.3 Å². The number of aryl methyl sites for hydroxylation is 1. The summed E-state index contributed by atoms with van der Waals surface area (Å²) in [5, 5.41) is 0. The van der Waals surface area contributed by atoms with Gasteiger partial charge in [0, 0.05) is 11.1 Å². The van der Waals surface area contributed by atoms with E-state index in [1.54, 1.807) is 32.9 Å². The summed E-state index contributed by atoms with van der Waals surface area (Å²) < 4.78 is 7.20. The molecule has 3 aromatic rings. The molecule has 0 aliphatic carbocycles. The average molecular weight is 350 g/mol. The van der Waals surface area contributed by atoms with E-state index in [-0.39, 0.29) is 12.4 Å². The van der Waals surface area contributed by atoms with E-state index in [0.717, 1.165) is 17.0 Å². The van der Waals surface area contributed by atoms with Crippen molar-refractivity contribution in [3.8, 4) is 5.69 Å². The summed E-state index contributed by atoms with van der Waals surface area (Å²) >= 11 is 0. The summed E-state index contributed by atoms with van der Waals surface area (Å²) in [5.74, 6) is 0.201. The van der Waals surface area contributed by atoms with Gasteiger partial charge in [0.1, 0.15) is 5.82 Å². The lowest BCUT2D eigenvalue weighted by Gasteiger charge is -2.16. The van der Waals surface area contributed by atoms with Crippen LogP contribution in [-0.2, 0) is 9.53 Å². The van der Waals surface area contributed by atoms with Crippen LogP contribution in [0.25, 0.3) is 16.7 Å². The largest absolute Gasteiger partial charge is 0.454 e. The van der Waals surface area contributed by atoms with Crippen molar-refractivity contribution < 1.29 is 14.3 Å². The number of ether oxygens (including phenoxy) is 1. The maximum absolute atomic E-state index is 12.3. The fourth-order valence-electron chi connectivity index (χ4n) is 2.66. The van der Waals surface area contributed by atoms with Crippen molar-refractivity contribution in [1.82, 2.24) is 9.55 Å². The fourth-order valence-corrected chi connectivity index (χ4v) is 2.66. The molecule has 3 rings (SSSR count). The van der Waals surface area contributed by atoms with Gasteiger partial charge in [-0.15, -0.1) is 0 Å². The first-order valence-corrected chi connectivity index (χ1v) is 8.52. The highest BCUT2D eigenvalue weighted by atomic mass is 16.5. The molecule has 0 aliphatic heterocycles. The number of hydrogen-bond donors (Lipinski definition) is 0. The van der Waals surface area contributed by atoms with Crippen LogP contribution in [0.15, 0.2) is 48.5 Å². The molecule has 0 saturated carbocycles. The molecular formula is C21H22N2O3. The molecular weight excluding hydrogens is 328 g/mol. The van der Waals surface area contributed by atoms with Crippen molar-refractivity contribution in [2.24, 2.45) is 5.41 Å². The molecule has 0 radical (unpaired) electrons. The molecule has 0 N–H and O–H groups in total. The summed E-state index contributed by atoms with van der Waals surface area (Å²) in [6.45, 7) is 7.10. The molecule has 0 spiro atoms. The van der Waals surface area contributed by atoms with E-state index in [9.17, 15) is 9.59 Å². The fraction of sp³-hybridized carbons (Fsp3) is 0.286. The predicted molar refractivity (Wildman–Crippen MR) is 101 cm³/mol. The zero-order valence-electron chi connectivity index (χ0n) is 15.4. The van der Waals surface area contributed by atoms with Gasteiger partial charge in [-0.1, -0.05) is 39.0 Å². The van der Waals surface area contributed by atoms with Crippen molar-refractivity contribution in [3.63, 3.8) is 0 Å².